The fraction of sp³-hybridized carbons (Fsp3) is 0.400. The molecule has 166 valence electrons. The van der Waals surface area contributed by atoms with E-state index in [1.165, 1.54) is 50.1 Å². The van der Waals surface area contributed by atoms with Crippen molar-refractivity contribution in [3.8, 4) is 0 Å². The standard InChI is InChI=1S/C17H16.C9H14.C4H10O/c1-12-10-15-8-9-16(17(15)11-13(12)2)14-6-4-3-5-7-14;1-6-5-7(2)9(4)8(6)3;1-3-5-4-2/h3-7,9-11H,8H2,1-2H3;5-6H,1-4H3;3-4H2,1-2H3. The summed E-state index contributed by atoms with van der Waals surface area (Å²) in [6.45, 7) is 18.9. The molecule has 0 aromatic heterocycles. The fourth-order valence-corrected chi connectivity index (χ4v) is 3.99. The van der Waals surface area contributed by atoms with Crippen molar-refractivity contribution < 1.29 is 4.74 Å². The Morgan fingerprint density at radius 3 is 1.94 bits per heavy atom. The molecule has 0 bridgehead atoms. The second-order valence-electron chi connectivity index (χ2n) is 8.51. The first-order valence-corrected chi connectivity index (χ1v) is 11.6. The van der Waals surface area contributed by atoms with E-state index >= 15 is 0 Å². The van der Waals surface area contributed by atoms with Gasteiger partial charge in [-0.05, 0) is 99.8 Å². The van der Waals surface area contributed by atoms with Gasteiger partial charge in [0.05, 0.1) is 0 Å². The van der Waals surface area contributed by atoms with Crippen molar-refractivity contribution in [3.63, 3.8) is 0 Å². The molecule has 0 aliphatic heterocycles. The largest absolute Gasteiger partial charge is 0.382 e. The summed E-state index contributed by atoms with van der Waals surface area (Å²) >= 11 is 0. The van der Waals surface area contributed by atoms with Gasteiger partial charge in [0.25, 0.3) is 0 Å². The van der Waals surface area contributed by atoms with Gasteiger partial charge in [-0.1, -0.05) is 72.7 Å². The zero-order valence-electron chi connectivity index (χ0n) is 20.8. The molecule has 2 aliphatic carbocycles. The van der Waals surface area contributed by atoms with Crippen LogP contribution < -0.4 is 0 Å². The van der Waals surface area contributed by atoms with Gasteiger partial charge in [0.2, 0.25) is 0 Å². The van der Waals surface area contributed by atoms with Crippen LogP contribution in [-0.2, 0) is 11.2 Å². The van der Waals surface area contributed by atoms with Gasteiger partial charge in [-0.15, -0.1) is 0 Å². The second kappa shape index (κ2) is 11.9. The first-order valence-electron chi connectivity index (χ1n) is 11.6. The topological polar surface area (TPSA) is 9.23 Å². The van der Waals surface area contributed by atoms with Crippen LogP contribution in [0.15, 0.2) is 71.3 Å². The van der Waals surface area contributed by atoms with Gasteiger partial charge in [0.15, 0.2) is 0 Å². The van der Waals surface area contributed by atoms with Crippen molar-refractivity contribution in [2.75, 3.05) is 13.2 Å². The molecular formula is C30H40O. The van der Waals surface area contributed by atoms with Crippen molar-refractivity contribution in [3.05, 3.63) is 99.2 Å². The Balaban J connectivity index is 0.000000205. The van der Waals surface area contributed by atoms with Crippen LogP contribution in [-0.4, -0.2) is 13.2 Å². The molecule has 0 N–H and O–H groups in total. The minimum absolute atomic E-state index is 0.685. The highest BCUT2D eigenvalue weighted by molar-refractivity contribution is 5.85. The molecule has 0 saturated heterocycles. The van der Waals surface area contributed by atoms with E-state index < -0.39 is 0 Å². The van der Waals surface area contributed by atoms with Gasteiger partial charge in [-0.3, -0.25) is 0 Å². The monoisotopic (exact) mass is 416 g/mol. The summed E-state index contributed by atoms with van der Waals surface area (Å²) in [5.74, 6) is 0.685. The lowest BCUT2D eigenvalue weighted by atomic mass is 9.95. The molecule has 0 radical (unpaired) electrons. The molecule has 2 aliphatic rings. The number of hydrogen-bond donors (Lipinski definition) is 0. The number of ether oxygens (including phenoxy) is 1. The third-order valence-corrected chi connectivity index (χ3v) is 6.39. The number of hydrogen-bond acceptors (Lipinski definition) is 1. The lowest BCUT2D eigenvalue weighted by Gasteiger charge is -2.09. The molecule has 1 atom stereocenters. The van der Waals surface area contributed by atoms with E-state index in [1.807, 2.05) is 13.8 Å². The van der Waals surface area contributed by atoms with Gasteiger partial charge < -0.3 is 4.74 Å². The molecule has 1 unspecified atom stereocenters. The Labute approximate surface area is 190 Å². The first-order chi connectivity index (χ1) is 14.8. The summed E-state index contributed by atoms with van der Waals surface area (Å²) in [5.41, 5.74) is 12.9. The van der Waals surface area contributed by atoms with Crippen molar-refractivity contribution in [1.29, 1.82) is 0 Å². The molecule has 1 heteroatoms. The van der Waals surface area contributed by atoms with Crippen LogP contribution >= 0.6 is 0 Å². The van der Waals surface area contributed by atoms with Crippen LogP contribution in [0.2, 0.25) is 0 Å². The van der Waals surface area contributed by atoms with Crippen LogP contribution in [0.25, 0.3) is 5.57 Å². The average molecular weight is 417 g/mol. The molecule has 0 amide bonds. The van der Waals surface area contributed by atoms with Gasteiger partial charge in [-0.25, -0.2) is 0 Å². The van der Waals surface area contributed by atoms with Crippen molar-refractivity contribution in [1.82, 2.24) is 0 Å². The van der Waals surface area contributed by atoms with Crippen LogP contribution in [0.4, 0.5) is 0 Å². The zero-order valence-corrected chi connectivity index (χ0v) is 20.8. The predicted molar refractivity (Wildman–Crippen MR) is 137 cm³/mol. The van der Waals surface area contributed by atoms with Crippen LogP contribution in [0, 0.1) is 19.8 Å². The number of aryl methyl sites for hydroxylation is 2. The predicted octanol–water partition coefficient (Wildman–Crippen LogP) is 8.25. The minimum atomic E-state index is 0.685. The molecular weight excluding hydrogens is 376 g/mol. The molecule has 0 heterocycles. The highest BCUT2D eigenvalue weighted by Gasteiger charge is 2.16. The number of benzene rings is 2. The molecule has 0 saturated carbocycles. The normalized spacial score (nSPS) is 16.6. The zero-order chi connectivity index (χ0) is 23.0. The lowest BCUT2D eigenvalue weighted by Crippen LogP contribution is -1.91. The molecule has 1 nitrogen and oxygen atoms in total. The van der Waals surface area contributed by atoms with E-state index in [-0.39, 0.29) is 0 Å². The lowest BCUT2D eigenvalue weighted by molar-refractivity contribution is 0.162. The van der Waals surface area contributed by atoms with E-state index in [9.17, 15) is 0 Å². The van der Waals surface area contributed by atoms with Crippen molar-refractivity contribution in [2.24, 2.45) is 5.92 Å². The van der Waals surface area contributed by atoms with E-state index in [2.05, 4.69) is 96.2 Å². The maximum absolute atomic E-state index is 4.83. The summed E-state index contributed by atoms with van der Waals surface area (Å²) in [6.07, 6.45) is 5.74. The van der Waals surface area contributed by atoms with E-state index in [0.29, 0.717) is 5.92 Å². The summed E-state index contributed by atoms with van der Waals surface area (Å²) < 4.78 is 4.83. The minimum Gasteiger partial charge on any atom is -0.382 e. The molecule has 0 spiro atoms. The molecule has 2 aromatic carbocycles. The number of allylic oxidation sites excluding steroid dienone is 5. The smallest absolute Gasteiger partial charge is 0.0437 e. The SMILES string of the molecule is CC1=CC(C)C(C)=C1C.CCOCC.Cc1cc2c(cc1C)C(c1ccccc1)=CC2. The maximum atomic E-state index is 4.83. The van der Waals surface area contributed by atoms with Crippen LogP contribution in [0.3, 0.4) is 0 Å². The Morgan fingerprint density at radius 2 is 1.48 bits per heavy atom. The summed E-state index contributed by atoms with van der Waals surface area (Å²) in [7, 11) is 0. The quantitative estimate of drug-likeness (QED) is 0.489. The average Bonchev–Trinajstić information content (AvgIpc) is 3.26. The van der Waals surface area contributed by atoms with E-state index in [1.54, 1.807) is 0 Å². The summed E-state index contributed by atoms with van der Waals surface area (Å²) in [5, 5.41) is 0. The van der Waals surface area contributed by atoms with E-state index in [4.69, 9.17) is 4.74 Å². The molecule has 2 aromatic rings. The van der Waals surface area contributed by atoms with Crippen molar-refractivity contribution >= 4 is 5.57 Å². The number of fused-ring (bicyclic) bond motifs is 1. The van der Waals surface area contributed by atoms with Gasteiger partial charge >= 0.3 is 0 Å². The molecule has 0 fully saturated rings. The Hall–Kier alpha value is -2.38. The maximum Gasteiger partial charge on any atom is 0.0437 e. The second-order valence-corrected chi connectivity index (χ2v) is 8.51. The van der Waals surface area contributed by atoms with Gasteiger partial charge in [0, 0.05) is 13.2 Å². The summed E-state index contributed by atoms with van der Waals surface area (Å²) in [4.78, 5) is 0. The third kappa shape index (κ3) is 6.55. The van der Waals surface area contributed by atoms with Crippen LogP contribution in [0.5, 0.6) is 0 Å². The Kier molecular flexibility index (Phi) is 9.52. The molecule has 31 heavy (non-hydrogen) atoms. The van der Waals surface area contributed by atoms with Gasteiger partial charge in [0.1, 0.15) is 0 Å². The summed E-state index contributed by atoms with van der Waals surface area (Å²) in [6, 6.07) is 15.3. The fourth-order valence-electron chi connectivity index (χ4n) is 3.99. The van der Waals surface area contributed by atoms with Crippen LogP contribution in [0.1, 0.15) is 69.4 Å². The van der Waals surface area contributed by atoms with E-state index in [0.717, 1.165) is 19.6 Å². The highest BCUT2D eigenvalue weighted by Crippen LogP contribution is 2.34. The Morgan fingerprint density at radius 1 is 0.871 bits per heavy atom. The molecule has 4 rings (SSSR count). The van der Waals surface area contributed by atoms with Gasteiger partial charge in [-0.2, -0.15) is 0 Å². The highest BCUT2D eigenvalue weighted by atomic mass is 16.5. The Bertz CT molecular complexity index is 955. The first kappa shape index (κ1) is 24.9. The third-order valence-electron chi connectivity index (χ3n) is 6.39. The van der Waals surface area contributed by atoms with Crippen molar-refractivity contribution in [2.45, 2.75) is 61.8 Å². The number of rotatable bonds is 3.